The SMILES string of the molecule is [B]C(O)(C1CCCOC1)N1CC2CCCC2C1. The van der Waals surface area contributed by atoms with E-state index < -0.39 is 5.62 Å². The molecule has 2 aliphatic heterocycles. The Balaban J connectivity index is 1.66. The molecule has 0 aromatic carbocycles. The Morgan fingerprint density at radius 3 is 2.41 bits per heavy atom. The fourth-order valence-corrected chi connectivity index (χ4v) is 3.86. The molecule has 0 bridgehead atoms. The first-order chi connectivity index (χ1) is 8.18. The highest BCUT2D eigenvalue weighted by atomic mass is 16.5. The molecule has 0 amide bonds. The molecule has 4 heteroatoms. The number of hydrogen-bond acceptors (Lipinski definition) is 3. The third-order valence-corrected chi connectivity index (χ3v) is 4.99. The molecule has 0 spiro atoms. The maximum absolute atomic E-state index is 10.6. The first kappa shape index (κ1) is 12.0. The molecule has 2 saturated heterocycles. The van der Waals surface area contributed by atoms with E-state index in [1.807, 2.05) is 0 Å². The number of aliphatic hydroxyl groups is 1. The van der Waals surface area contributed by atoms with Crippen LogP contribution in [0, 0.1) is 17.8 Å². The van der Waals surface area contributed by atoms with Crippen LogP contribution < -0.4 is 0 Å². The van der Waals surface area contributed by atoms with Gasteiger partial charge in [0, 0.05) is 25.6 Å². The molecule has 4 unspecified atom stereocenters. The van der Waals surface area contributed by atoms with Gasteiger partial charge >= 0.3 is 0 Å². The first-order valence-electron chi connectivity index (χ1n) is 7.02. The van der Waals surface area contributed by atoms with Crippen molar-refractivity contribution in [3.8, 4) is 0 Å². The van der Waals surface area contributed by atoms with Crippen LogP contribution in [0.15, 0.2) is 0 Å². The highest BCUT2D eigenvalue weighted by Gasteiger charge is 2.45. The molecule has 2 heterocycles. The summed E-state index contributed by atoms with van der Waals surface area (Å²) in [7, 11) is 6.20. The van der Waals surface area contributed by atoms with Crippen LogP contribution in [0.1, 0.15) is 32.1 Å². The molecule has 3 rings (SSSR count). The second kappa shape index (κ2) is 4.56. The lowest BCUT2D eigenvalue weighted by atomic mass is 9.75. The van der Waals surface area contributed by atoms with Crippen molar-refractivity contribution in [2.45, 2.75) is 37.7 Å². The standard InChI is InChI=1S/C13H22BNO2/c14-13(16,12-5-2-6-17-9-12)15-7-10-3-1-4-11(10)8-15/h10-12,16H,1-9H2. The van der Waals surface area contributed by atoms with E-state index in [1.54, 1.807) is 0 Å². The van der Waals surface area contributed by atoms with Gasteiger partial charge < -0.3 is 9.84 Å². The van der Waals surface area contributed by atoms with Crippen LogP contribution in [0.5, 0.6) is 0 Å². The van der Waals surface area contributed by atoms with Crippen LogP contribution in [-0.4, -0.2) is 49.8 Å². The molecule has 1 N–H and O–H groups in total. The largest absolute Gasteiger partial charge is 0.385 e. The molecular formula is C13H22BNO2. The number of likely N-dealkylation sites (tertiary alicyclic amines) is 1. The molecule has 94 valence electrons. The first-order valence-corrected chi connectivity index (χ1v) is 7.02. The van der Waals surface area contributed by atoms with Gasteiger partial charge in [-0.25, -0.2) is 0 Å². The van der Waals surface area contributed by atoms with Crippen molar-refractivity contribution in [3.05, 3.63) is 0 Å². The Morgan fingerprint density at radius 2 is 1.82 bits per heavy atom. The third-order valence-electron chi connectivity index (χ3n) is 4.99. The van der Waals surface area contributed by atoms with Crippen molar-refractivity contribution in [1.82, 2.24) is 4.90 Å². The maximum Gasteiger partial charge on any atom is 0.136 e. The monoisotopic (exact) mass is 235 g/mol. The van der Waals surface area contributed by atoms with Crippen molar-refractivity contribution >= 4 is 7.85 Å². The summed E-state index contributed by atoms with van der Waals surface area (Å²) in [6.07, 6.45) is 6.00. The van der Waals surface area contributed by atoms with Crippen LogP contribution in [0.4, 0.5) is 0 Å². The van der Waals surface area contributed by atoms with Gasteiger partial charge in [-0.2, -0.15) is 0 Å². The smallest absolute Gasteiger partial charge is 0.136 e. The van der Waals surface area contributed by atoms with Crippen LogP contribution in [0.2, 0.25) is 0 Å². The third kappa shape index (κ3) is 2.15. The fraction of sp³-hybridized carbons (Fsp3) is 1.00. The van der Waals surface area contributed by atoms with Gasteiger partial charge in [0.25, 0.3) is 0 Å². The van der Waals surface area contributed by atoms with Crippen LogP contribution >= 0.6 is 0 Å². The Kier molecular flexibility index (Phi) is 3.22. The average Bonchev–Trinajstić information content (AvgIpc) is 2.90. The summed E-state index contributed by atoms with van der Waals surface area (Å²) >= 11 is 0. The van der Waals surface area contributed by atoms with Gasteiger partial charge in [-0.1, -0.05) is 6.42 Å². The Bertz CT molecular complexity index is 267. The zero-order valence-electron chi connectivity index (χ0n) is 10.5. The number of fused-ring (bicyclic) bond motifs is 1. The van der Waals surface area contributed by atoms with Gasteiger partial charge in [0.05, 0.1) is 12.2 Å². The lowest BCUT2D eigenvalue weighted by Crippen LogP contribution is -2.56. The molecule has 2 radical (unpaired) electrons. The fourth-order valence-electron chi connectivity index (χ4n) is 3.86. The quantitative estimate of drug-likeness (QED) is 0.723. The molecule has 0 aromatic rings. The van der Waals surface area contributed by atoms with Crippen LogP contribution in [0.25, 0.3) is 0 Å². The van der Waals surface area contributed by atoms with Crippen LogP contribution in [-0.2, 0) is 4.74 Å². The van der Waals surface area contributed by atoms with Gasteiger partial charge in [-0.05, 0) is 37.5 Å². The second-order valence-corrected chi connectivity index (χ2v) is 6.05. The van der Waals surface area contributed by atoms with Gasteiger partial charge in [0.15, 0.2) is 0 Å². The molecule has 3 fully saturated rings. The topological polar surface area (TPSA) is 32.7 Å². The number of hydrogen-bond donors (Lipinski definition) is 1. The summed E-state index contributed by atoms with van der Waals surface area (Å²) in [5.74, 6) is 1.62. The van der Waals surface area contributed by atoms with E-state index in [2.05, 4.69) is 4.90 Å². The summed E-state index contributed by atoms with van der Waals surface area (Å²) in [6.45, 7) is 3.39. The molecule has 3 aliphatic rings. The lowest BCUT2D eigenvalue weighted by molar-refractivity contribution is -0.113. The molecule has 0 aromatic heterocycles. The van der Waals surface area contributed by atoms with Gasteiger partial charge in [0.1, 0.15) is 7.85 Å². The zero-order valence-corrected chi connectivity index (χ0v) is 10.5. The predicted molar refractivity (Wildman–Crippen MR) is 66.7 cm³/mol. The van der Waals surface area contributed by atoms with E-state index in [0.29, 0.717) is 6.61 Å². The summed E-state index contributed by atoms with van der Waals surface area (Å²) in [5, 5.41) is 10.6. The summed E-state index contributed by atoms with van der Waals surface area (Å²) in [4.78, 5) is 2.11. The van der Waals surface area contributed by atoms with Gasteiger partial charge in [-0.3, -0.25) is 4.90 Å². The molecular weight excluding hydrogens is 213 g/mol. The summed E-state index contributed by atoms with van der Waals surface area (Å²) in [5.41, 5.74) is -1.15. The van der Waals surface area contributed by atoms with E-state index in [0.717, 1.165) is 44.4 Å². The Morgan fingerprint density at radius 1 is 1.12 bits per heavy atom. The minimum Gasteiger partial charge on any atom is -0.385 e. The number of nitrogens with zero attached hydrogens (tertiary/aromatic N) is 1. The minimum absolute atomic E-state index is 0.0788. The lowest BCUT2D eigenvalue weighted by Gasteiger charge is -2.43. The van der Waals surface area contributed by atoms with Gasteiger partial charge in [-0.15, -0.1) is 0 Å². The highest BCUT2D eigenvalue weighted by molar-refractivity contribution is 6.14. The normalized spacial score (nSPS) is 42.3. The predicted octanol–water partition coefficient (Wildman–Crippen LogP) is 0.959. The molecule has 1 saturated carbocycles. The Labute approximate surface area is 105 Å². The van der Waals surface area contributed by atoms with Crippen molar-refractivity contribution in [2.24, 2.45) is 17.8 Å². The molecule has 4 atom stereocenters. The van der Waals surface area contributed by atoms with Gasteiger partial charge in [0.2, 0.25) is 0 Å². The van der Waals surface area contributed by atoms with Crippen molar-refractivity contribution in [1.29, 1.82) is 0 Å². The minimum atomic E-state index is -1.15. The van der Waals surface area contributed by atoms with E-state index >= 15 is 0 Å². The van der Waals surface area contributed by atoms with Crippen molar-refractivity contribution < 1.29 is 9.84 Å². The number of ether oxygens (including phenoxy) is 1. The molecule has 3 nitrogen and oxygen atoms in total. The van der Waals surface area contributed by atoms with Crippen LogP contribution in [0.3, 0.4) is 0 Å². The number of rotatable bonds is 2. The maximum atomic E-state index is 10.6. The van der Waals surface area contributed by atoms with E-state index in [1.165, 1.54) is 19.3 Å². The zero-order chi connectivity index (χ0) is 11.9. The van der Waals surface area contributed by atoms with Crippen molar-refractivity contribution in [3.63, 3.8) is 0 Å². The van der Waals surface area contributed by atoms with E-state index in [-0.39, 0.29) is 5.92 Å². The average molecular weight is 235 g/mol. The summed E-state index contributed by atoms with van der Waals surface area (Å²) < 4.78 is 5.46. The Hall–Kier alpha value is -0.0551. The second-order valence-electron chi connectivity index (χ2n) is 6.05. The van der Waals surface area contributed by atoms with Crippen molar-refractivity contribution in [2.75, 3.05) is 26.3 Å². The molecule has 1 aliphatic carbocycles. The molecule has 17 heavy (non-hydrogen) atoms. The van der Waals surface area contributed by atoms with E-state index in [4.69, 9.17) is 12.6 Å². The highest BCUT2D eigenvalue weighted by Crippen LogP contribution is 2.41. The van der Waals surface area contributed by atoms with E-state index in [9.17, 15) is 5.11 Å². The summed E-state index contributed by atoms with van der Waals surface area (Å²) in [6, 6.07) is 0.